The maximum absolute atomic E-state index is 4.35. The molecule has 0 bridgehead atoms. The molecular weight excluding hydrogens is 224 g/mol. The second-order valence-electron chi connectivity index (χ2n) is 6.06. The Kier molecular flexibility index (Phi) is 4.38. The molecule has 2 rings (SSSR count). The maximum Gasteiger partial charge on any atom is 0.141 e. The van der Waals surface area contributed by atoms with E-state index in [1.807, 2.05) is 4.68 Å². The molecule has 1 heterocycles. The fraction of sp³-hybridized carbons (Fsp3) is 0.857. The molecule has 4 nitrogen and oxygen atoms in total. The largest absolute Gasteiger partial charge is 0.307 e. The molecule has 102 valence electrons. The highest BCUT2D eigenvalue weighted by atomic mass is 15.4. The molecule has 1 N–H and O–H groups in total. The van der Waals surface area contributed by atoms with Gasteiger partial charge in [-0.05, 0) is 44.9 Å². The average Bonchev–Trinajstić information content (AvgIpc) is 2.79. The molecule has 3 atom stereocenters. The predicted molar refractivity (Wildman–Crippen MR) is 73.2 cm³/mol. The monoisotopic (exact) mass is 250 g/mol. The molecule has 1 aromatic heterocycles. The zero-order valence-corrected chi connectivity index (χ0v) is 12.1. The van der Waals surface area contributed by atoms with Crippen LogP contribution in [0.25, 0.3) is 0 Å². The van der Waals surface area contributed by atoms with Gasteiger partial charge in [-0.15, -0.1) is 0 Å². The van der Waals surface area contributed by atoms with Crippen molar-refractivity contribution in [2.24, 2.45) is 11.8 Å². The minimum Gasteiger partial charge on any atom is -0.307 e. The van der Waals surface area contributed by atoms with E-state index in [-0.39, 0.29) is 0 Å². The minimum atomic E-state index is 0.384. The van der Waals surface area contributed by atoms with Gasteiger partial charge < -0.3 is 5.32 Å². The Bertz CT molecular complexity index is 372. The number of nitrogens with zero attached hydrogens (tertiary/aromatic N) is 3. The van der Waals surface area contributed by atoms with E-state index in [1.165, 1.54) is 19.3 Å². The first kappa shape index (κ1) is 13.5. The summed E-state index contributed by atoms with van der Waals surface area (Å²) in [7, 11) is 0. The van der Waals surface area contributed by atoms with E-state index in [2.05, 4.69) is 43.1 Å². The Labute approximate surface area is 110 Å². The van der Waals surface area contributed by atoms with Crippen molar-refractivity contribution < 1.29 is 0 Å². The Hall–Kier alpha value is -0.900. The number of hydrogen-bond donors (Lipinski definition) is 1. The normalized spacial score (nSPS) is 28.8. The van der Waals surface area contributed by atoms with Gasteiger partial charge >= 0.3 is 0 Å². The smallest absolute Gasteiger partial charge is 0.141 e. The molecule has 18 heavy (non-hydrogen) atoms. The highest BCUT2D eigenvalue weighted by molar-refractivity contribution is 4.88. The second kappa shape index (κ2) is 5.83. The van der Waals surface area contributed by atoms with Crippen molar-refractivity contribution in [3.05, 3.63) is 12.2 Å². The van der Waals surface area contributed by atoms with Crippen molar-refractivity contribution in [3.63, 3.8) is 0 Å². The fourth-order valence-corrected chi connectivity index (χ4v) is 2.80. The molecule has 0 aliphatic heterocycles. The van der Waals surface area contributed by atoms with Crippen molar-refractivity contribution in [2.75, 3.05) is 0 Å². The summed E-state index contributed by atoms with van der Waals surface area (Å²) in [6.45, 7) is 9.86. The Balaban J connectivity index is 1.86. The van der Waals surface area contributed by atoms with Gasteiger partial charge in [0, 0.05) is 12.1 Å². The van der Waals surface area contributed by atoms with Crippen LogP contribution in [0.4, 0.5) is 0 Å². The summed E-state index contributed by atoms with van der Waals surface area (Å²) in [6, 6.07) is 1.03. The van der Waals surface area contributed by atoms with E-state index in [0.717, 1.165) is 24.2 Å². The highest BCUT2D eigenvalue weighted by Gasteiger charge is 2.24. The summed E-state index contributed by atoms with van der Waals surface area (Å²) in [5.41, 5.74) is 0. The zero-order chi connectivity index (χ0) is 13.1. The number of aromatic nitrogens is 3. The van der Waals surface area contributed by atoms with Crippen LogP contribution in [-0.4, -0.2) is 20.8 Å². The van der Waals surface area contributed by atoms with E-state index in [0.29, 0.717) is 12.1 Å². The lowest BCUT2D eigenvalue weighted by Gasteiger charge is -2.32. The Morgan fingerprint density at radius 2 is 2.11 bits per heavy atom. The van der Waals surface area contributed by atoms with Crippen LogP contribution in [0.5, 0.6) is 0 Å². The quantitative estimate of drug-likeness (QED) is 0.893. The highest BCUT2D eigenvalue weighted by Crippen LogP contribution is 2.29. The van der Waals surface area contributed by atoms with E-state index >= 15 is 0 Å². The van der Waals surface area contributed by atoms with Crippen molar-refractivity contribution in [2.45, 2.75) is 65.6 Å². The summed E-state index contributed by atoms with van der Waals surface area (Å²) in [6.07, 6.45) is 5.58. The maximum atomic E-state index is 4.35. The molecule has 0 radical (unpaired) electrons. The van der Waals surface area contributed by atoms with Gasteiger partial charge in [-0.3, -0.25) is 0 Å². The Morgan fingerprint density at radius 1 is 1.33 bits per heavy atom. The van der Waals surface area contributed by atoms with Crippen LogP contribution in [0.2, 0.25) is 0 Å². The summed E-state index contributed by atoms with van der Waals surface area (Å²) in [5.74, 6) is 2.76. The van der Waals surface area contributed by atoms with Gasteiger partial charge in [-0.2, -0.15) is 5.10 Å². The lowest BCUT2D eigenvalue weighted by molar-refractivity contribution is 0.224. The molecule has 0 amide bonds. The summed E-state index contributed by atoms with van der Waals surface area (Å²) >= 11 is 0. The molecule has 3 unspecified atom stereocenters. The van der Waals surface area contributed by atoms with Gasteiger partial charge in [-0.25, -0.2) is 9.67 Å². The standard InChI is InChI=1S/C14H26N4/c1-10(2)18-14(16-9-17-18)8-15-13-6-5-11(3)12(4)7-13/h9-13,15H,5-8H2,1-4H3. The van der Waals surface area contributed by atoms with E-state index in [1.54, 1.807) is 6.33 Å². The molecule has 1 aliphatic rings. The third kappa shape index (κ3) is 3.10. The van der Waals surface area contributed by atoms with Crippen LogP contribution in [0.15, 0.2) is 6.33 Å². The molecular formula is C14H26N4. The summed E-state index contributed by atoms with van der Waals surface area (Å²) < 4.78 is 2.00. The number of nitrogens with one attached hydrogen (secondary N) is 1. The van der Waals surface area contributed by atoms with E-state index < -0.39 is 0 Å². The first-order chi connectivity index (χ1) is 8.58. The lowest BCUT2D eigenvalue weighted by Crippen LogP contribution is -2.36. The van der Waals surface area contributed by atoms with Crippen LogP contribution in [0.3, 0.4) is 0 Å². The lowest BCUT2D eigenvalue weighted by atomic mass is 9.79. The van der Waals surface area contributed by atoms with Gasteiger partial charge in [0.2, 0.25) is 0 Å². The first-order valence-corrected chi connectivity index (χ1v) is 7.19. The third-order valence-corrected chi connectivity index (χ3v) is 4.28. The molecule has 4 heteroatoms. The predicted octanol–water partition coefficient (Wildman–Crippen LogP) is 2.77. The average molecular weight is 250 g/mol. The summed E-state index contributed by atoms with van der Waals surface area (Å²) in [5, 5.41) is 7.92. The van der Waals surface area contributed by atoms with E-state index in [9.17, 15) is 0 Å². The minimum absolute atomic E-state index is 0.384. The molecule has 0 aromatic carbocycles. The van der Waals surface area contributed by atoms with Crippen molar-refractivity contribution in [3.8, 4) is 0 Å². The van der Waals surface area contributed by atoms with Gasteiger partial charge in [0.1, 0.15) is 12.2 Å². The van der Waals surface area contributed by atoms with Crippen molar-refractivity contribution in [1.29, 1.82) is 0 Å². The van der Waals surface area contributed by atoms with Crippen LogP contribution in [-0.2, 0) is 6.54 Å². The second-order valence-corrected chi connectivity index (χ2v) is 6.06. The van der Waals surface area contributed by atoms with Gasteiger partial charge in [0.05, 0.1) is 6.54 Å². The topological polar surface area (TPSA) is 42.7 Å². The Morgan fingerprint density at radius 3 is 2.78 bits per heavy atom. The van der Waals surface area contributed by atoms with Crippen LogP contribution >= 0.6 is 0 Å². The first-order valence-electron chi connectivity index (χ1n) is 7.19. The van der Waals surface area contributed by atoms with Crippen LogP contribution in [0.1, 0.15) is 58.8 Å². The van der Waals surface area contributed by atoms with Crippen LogP contribution < -0.4 is 5.32 Å². The van der Waals surface area contributed by atoms with Crippen LogP contribution in [0, 0.1) is 11.8 Å². The molecule has 1 aliphatic carbocycles. The number of rotatable bonds is 4. The zero-order valence-electron chi connectivity index (χ0n) is 12.1. The van der Waals surface area contributed by atoms with Gasteiger partial charge in [0.25, 0.3) is 0 Å². The van der Waals surface area contributed by atoms with E-state index in [4.69, 9.17) is 0 Å². The van der Waals surface area contributed by atoms with Gasteiger partial charge in [-0.1, -0.05) is 13.8 Å². The molecule has 1 aromatic rings. The fourth-order valence-electron chi connectivity index (χ4n) is 2.80. The molecule has 1 saturated carbocycles. The molecule has 1 fully saturated rings. The third-order valence-electron chi connectivity index (χ3n) is 4.28. The molecule has 0 spiro atoms. The SMILES string of the molecule is CC1CCC(NCc2ncnn2C(C)C)CC1C. The van der Waals surface area contributed by atoms with Gasteiger partial charge in [0.15, 0.2) is 0 Å². The van der Waals surface area contributed by atoms with Crippen molar-refractivity contribution in [1.82, 2.24) is 20.1 Å². The van der Waals surface area contributed by atoms with Crippen molar-refractivity contribution >= 4 is 0 Å². The summed E-state index contributed by atoms with van der Waals surface area (Å²) in [4.78, 5) is 4.35. The molecule has 0 saturated heterocycles. The number of hydrogen-bond acceptors (Lipinski definition) is 3.